The Morgan fingerprint density at radius 1 is 1.09 bits per heavy atom. The van der Waals surface area contributed by atoms with Gasteiger partial charge in [0.25, 0.3) is 5.91 Å². The van der Waals surface area contributed by atoms with Gasteiger partial charge >= 0.3 is 0 Å². The highest BCUT2D eigenvalue weighted by molar-refractivity contribution is 6.34. The van der Waals surface area contributed by atoms with E-state index in [1.54, 1.807) is 18.2 Å². The van der Waals surface area contributed by atoms with Crippen LogP contribution in [0.5, 0.6) is 5.75 Å². The standard InChI is InChI=1S/C17H15Cl2NO2/c18-12-8-13(19)10-15(9-12)22-16(11-4-2-1-3-5-11)17(21)20-14-6-7-14/h1-5,8-10,14,16H,6-7H2,(H,20,21)/t16-/m1/s1. The predicted octanol–water partition coefficient (Wildman–Crippen LogP) is 4.39. The third kappa shape index (κ3) is 3.93. The normalized spacial score (nSPS) is 15.2. The van der Waals surface area contributed by atoms with Crippen LogP contribution in [0.2, 0.25) is 10.0 Å². The second-order valence-electron chi connectivity index (χ2n) is 5.30. The first-order valence-corrected chi connectivity index (χ1v) is 7.85. The molecule has 0 heterocycles. The summed E-state index contributed by atoms with van der Waals surface area (Å²) in [5.74, 6) is 0.321. The van der Waals surface area contributed by atoms with Crippen LogP contribution in [0.15, 0.2) is 48.5 Å². The van der Waals surface area contributed by atoms with Crippen LogP contribution in [0.25, 0.3) is 0 Å². The van der Waals surface area contributed by atoms with Gasteiger partial charge in [-0.2, -0.15) is 0 Å². The Morgan fingerprint density at radius 2 is 1.73 bits per heavy atom. The molecule has 0 aromatic heterocycles. The number of carbonyl (C=O) groups is 1. The number of halogens is 2. The highest BCUT2D eigenvalue weighted by atomic mass is 35.5. The van der Waals surface area contributed by atoms with E-state index in [1.165, 1.54) is 0 Å². The lowest BCUT2D eigenvalue weighted by atomic mass is 10.1. The molecule has 1 amide bonds. The minimum absolute atomic E-state index is 0.148. The zero-order valence-electron chi connectivity index (χ0n) is 11.8. The quantitative estimate of drug-likeness (QED) is 0.879. The van der Waals surface area contributed by atoms with Crippen molar-refractivity contribution in [3.63, 3.8) is 0 Å². The third-order valence-corrected chi connectivity index (χ3v) is 3.79. The first-order chi connectivity index (χ1) is 10.6. The van der Waals surface area contributed by atoms with E-state index >= 15 is 0 Å². The Kier molecular flexibility index (Phi) is 4.55. The van der Waals surface area contributed by atoms with Crippen molar-refractivity contribution in [2.24, 2.45) is 0 Å². The van der Waals surface area contributed by atoms with Gasteiger partial charge in [-0.15, -0.1) is 0 Å². The van der Waals surface area contributed by atoms with Gasteiger partial charge in [0.05, 0.1) is 0 Å². The Hall–Kier alpha value is -1.71. The van der Waals surface area contributed by atoms with E-state index in [4.69, 9.17) is 27.9 Å². The molecule has 22 heavy (non-hydrogen) atoms. The first kappa shape index (κ1) is 15.2. The minimum Gasteiger partial charge on any atom is -0.476 e. The Bertz CT molecular complexity index is 651. The van der Waals surface area contributed by atoms with Gasteiger partial charge in [0.2, 0.25) is 6.10 Å². The van der Waals surface area contributed by atoms with Crippen LogP contribution < -0.4 is 10.1 Å². The fourth-order valence-corrected chi connectivity index (χ4v) is 2.64. The summed E-state index contributed by atoms with van der Waals surface area (Å²) in [7, 11) is 0. The van der Waals surface area contributed by atoms with Gasteiger partial charge in [0.1, 0.15) is 5.75 Å². The molecule has 1 aliphatic rings. The van der Waals surface area contributed by atoms with Crippen molar-refractivity contribution in [2.45, 2.75) is 25.0 Å². The topological polar surface area (TPSA) is 38.3 Å². The molecule has 3 rings (SSSR count). The molecule has 2 aromatic rings. The summed E-state index contributed by atoms with van der Waals surface area (Å²) in [5, 5.41) is 3.91. The molecule has 114 valence electrons. The maximum absolute atomic E-state index is 12.5. The van der Waals surface area contributed by atoms with E-state index in [-0.39, 0.29) is 11.9 Å². The van der Waals surface area contributed by atoms with Crippen molar-refractivity contribution in [3.8, 4) is 5.75 Å². The van der Waals surface area contributed by atoms with Crippen molar-refractivity contribution < 1.29 is 9.53 Å². The summed E-state index contributed by atoms with van der Waals surface area (Å²) < 4.78 is 5.87. The van der Waals surface area contributed by atoms with E-state index in [0.29, 0.717) is 15.8 Å². The van der Waals surface area contributed by atoms with Crippen LogP contribution in [0.3, 0.4) is 0 Å². The molecular weight excluding hydrogens is 321 g/mol. The highest BCUT2D eigenvalue weighted by Crippen LogP contribution is 2.29. The van der Waals surface area contributed by atoms with Gasteiger partial charge in [-0.25, -0.2) is 0 Å². The molecule has 1 saturated carbocycles. The molecule has 1 N–H and O–H groups in total. The van der Waals surface area contributed by atoms with Gasteiger partial charge in [0, 0.05) is 21.7 Å². The third-order valence-electron chi connectivity index (χ3n) is 3.35. The molecule has 0 aliphatic heterocycles. The minimum atomic E-state index is -0.726. The van der Waals surface area contributed by atoms with Crippen molar-refractivity contribution in [3.05, 3.63) is 64.1 Å². The van der Waals surface area contributed by atoms with Gasteiger partial charge in [-0.3, -0.25) is 4.79 Å². The average Bonchev–Trinajstić information content (AvgIpc) is 3.28. The van der Waals surface area contributed by atoms with E-state index in [0.717, 1.165) is 18.4 Å². The fraction of sp³-hybridized carbons (Fsp3) is 0.235. The van der Waals surface area contributed by atoms with Crippen LogP contribution in [0.1, 0.15) is 24.5 Å². The maximum atomic E-state index is 12.5. The Morgan fingerprint density at radius 3 is 2.32 bits per heavy atom. The van der Waals surface area contributed by atoms with Crippen LogP contribution in [0.4, 0.5) is 0 Å². The lowest BCUT2D eigenvalue weighted by Gasteiger charge is -2.19. The van der Waals surface area contributed by atoms with Crippen LogP contribution in [0, 0.1) is 0 Å². The molecule has 1 atom stereocenters. The summed E-state index contributed by atoms with van der Waals surface area (Å²) in [4.78, 5) is 12.5. The van der Waals surface area contributed by atoms with Crippen LogP contribution in [-0.2, 0) is 4.79 Å². The molecular formula is C17H15Cl2NO2. The smallest absolute Gasteiger partial charge is 0.266 e. The van der Waals surface area contributed by atoms with Gasteiger partial charge in [-0.1, -0.05) is 53.5 Å². The van der Waals surface area contributed by atoms with Crippen molar-refractivity contribution in [1.82, 2.24) is 5.32 Å². The zero-order chi connectivity index (χ0) is 15.5. The van der Waals surface area contributed by atoms with E-state index < -0.39 is 6.10 Å². The summed E-state index contributed by atoms with van der Waals surface area (Å²) in [6, 6.07) is 14.6. The lowest BCUT2D eigenvalue weighted by Crippen LogP contribution is -2.33. The summed E-state index contributed by atoms with van der Waals surface area (Å²) in [6.07, 6.45) is 1.32. The van der Waals surface area contributed by atoms with Crippen molar-refractivity contribution in [2.75, 3.05) is 0 Å². The number of rotatable bonds is 5. The molecule has 0 spiro atoms. The molecule has 3 nitrogen and oxygen atoms in total. The molecule has 1 aliphatic carbocycles. The van der Waals surface area contributed by atoms with Gasteiger partial charge in [-0.05, 0) is 31.0 Å². The monoisotopic (exact) mass is 335 g/mol. The molecule has 0 bridgehead atoms. The second kappa shape index (κ2) is 6.59. The van der Waals surface area contributed by atoms with E-state index in [1.807, 2.05) is 30.3 Å². The number of hydrogen-bond acceptors (Lipinski definition) is 2. The van der Waals surface area contributed by atoms with Crippen LogP contribution in [-0.4, -0.2) is 11.9 Å². The number of amides is 1. The predicted molar refractivity (Wildman–Crippen MR) is 87.4 cm³/mol. The molecule has 0 unspecified atom stereocenters. The summed E-state index contributed by atoms with van der Waals surface area (Å²) in [5.41, 5.74) is 0.789. The van der Waals surface area contributed by atoms with E-state index in [9.17, 15) is 4.79 Å². The number of hydrogen-bond donors (Lipinski definition) is 1. The Labute approximate surface area is 139 Å². The number of carbonyl (C=O) groups excluding carboxylic acids is 1. The molecule has 0 radical (unpaired) electrons. The molecule has 2 aromatic carbocycles. The van der Waals surface area contributed by atoms with E-state index in [2.05, 4.69) is 5.32 Å². The Balaban J connectivity index is 1.85. The largest absolute Gasteiger partial charge is 0.476 e. The average molecular weight is 336 g/mol. The van der Waals surface area contributed by atoms with Gasteiger partial charge < -0.3 is 10.1 Å². The van der Waals surface area contributed by atoms with Gasteiger partial charge in [0.15, 0.2) is 0 Å². The second-order valence-corrected chi connectivity index (χ2v) is 6.17. The first-order valence-electron chi connectivity index (χ1n) is 7.10. The fourth-order valence-electron chi connectivity index (χ4n) is 2.14. The lowest BCUT2D eigenvalue weighted by molar-refractivity contribution is -0.128. The maximum Gasteiger partial charge on any atom is 0.266 e. The highest BCUT2D eigenvalue weighted by Gasteiger charge is 2.29. The number of nitrogens with one attached hydrogen (secondary N) is 1. The van der Waals surface area contributed by atoms with Crippen molar-refractivity contribution in [1.29, 1.82) is 0 Å². The van der Waals surface area contributed by atoms with Crippen LogP contribution >= 0.6 is 23.2 Å². The summed E-state index contributed by atoms with van der Waals surface area (Å²) >= 11 is 12.0. The molecule has 5 heteroatoms. The number of ether oxygens (including phenoxy) is 1. The number of benzene rings is 2. The molecule has 1 fully saturated rings. The SMILES string of the molecule is O=C(NC1CC1)[C@H](Oc1cc(Cl)cc(Cl)c1)c1ccccc1. The molecule has 0 saturated heterocycles. The van der Waals surface area contributed by atoms with Crippen molar-refractivity contribution >= 4 is 29.1 Å². The zero-order valence-corrected chi connectivity index (χ0v) is 13.3. The summed E-state index contributed by atoms with van der Waals surface area (Å²) in [6.45, 7) is 0.